The molecule has 2 nitrogen and oxygen atoms in total. The molecule has 0 aromatic heterocycles. The Morgan fingerprint density at radius 3 is 2.31 bits per heavy atom. The Morgan fingerprint density at radius 1 is 1.23 bits per heavy atom. The van der Waals surface area contributed by atoms with Crippen LogP contribution in [0.15, 0.2) is 0 Å². The normalized spacial score (nSPS) is 44.4. The minimum absolute atomic E-state index is 0.0124. The van der Waals surface area contributed by atoms with E-state index in [1.54, 1.807) is 0 Å². The fourth-order valence-electron chi connectivity index (χ4n) is 2.73. The largest absolute Gasteiger partial charge is 0.481 e. The van der Waals surface area contributed by atoms with Crippen molar-refractivity contribution in [2.75, 3.05) is 0 Å². The molecule has 2 fully saturated rings. The molecule has 2 aliphatic rings. The number of hydrogen-bond acceptors (Lipinski definition) is 1. The summed E-state index contributed by atoms with van der Waals surface area (Å²) in [5.74, 6) is 1.59. The average molecular weight is 182 g/mol. The highest BCUT2D eigenvalue weighted by atomic mass is 16.4. The third-order valence-electron chi connectivity index (χ3n) is 3.82. The van der Waals surface area contributed by atoms with Crippen LogP contribution >= 0.6 is 0 Å². The van der Waals surface area contributed by atoms with Gasteiger partial charge in [0, 0.05) is 0 Å². The Kier molecular flexibility index (Phi) is 2.31. The second-order valence-electron chi connectivity index (χ2n) is 4.86. The van der Waals surface area contributed by atoms with Gasteiger partial charge in [0.15, 0.2) is 0 Å². The highest BCUT2D eigenvalue weighted by Crippen LogP contribution is 2.49. The van der Waals surface area contributed by atoms with E-state index < -0.39 is 5.97 Å². The minimum atomic E-state index is -0.566. The molecule has 2 rings (SSSR count). The van der Waals surface area contributed by atoms with Crippen LogP contribution in [0, 0.1) is 23.7 Å². The van der Waals surface area contributed by atoms with Crippen LogP contribution in [0.2, 0.25) is 0 Å². The van der Waals surface area contributed by atoms with Crippen molar-refractivity contribution in [1.29, 1.82) is 0 Å². The minimum Gasteiger partial charge on any atom is -0.481 e. The summed E-state index contributed by atoms with van der Waals surface area (Å²) in [4.78, 5) is 10.7. The number of carboxylic acid groups (broad SMARTS) is 1. The van der Waals surface area contributed by atoms with Gasteiger partial charge in [0.2, 0.25) is 0 Å². The molecule has 0 saturated heterocycles. The molecule has 0 aromatic rings. The topological polar surface area (TPSA) is 37.3 Å². The van der Waals surface area contributed by atoms with Crippen molar-refractivity contribution in [1.82, 2.24) is 0 Å². The third kappa shape index (κ3) is 1.87. The van der Waals surface area contributed by atoms with Gasteiger partial charge in [-0.2, -0.15) is 0 Å². The molecule has 2 heteroatoms. The number of aliphatic carboxylic acids is 1. The lowest BCUT2D eigenvalue weighted by atomic mass is 9.80. The van der Waals surface area contributed by atoms with Crippen LogP contribution in [0.4, 0.5) is 0 Å². The van der Waals surface area contributed by atoms with Crippen LogP contribution in [0.25, 0.3) is 0 Å². The van der Waals surface area contributed by atoms with Gasteiger partial charge < -0.3 is 5.11 Å². The first-order valence-electron chi connectivity index (χ1n) is 5.41. The average Bonchev–Trinajstić information content (AvgIpc) is 2.85. The fraction of sp³-hybridized carbons (Fsp3) is 0.909. The summed E-state index contributed by atoms with van der Waals surface area (Å²) in [6.45, 7) is 2.30. The lowest BCUT2D eigenvalue weighted by Gasteiger charge is -2.26. The maximum atomic E-state index is 10.7. The fourth-order valence-corrected chi connectivity index (χ4v) is 2.73. The van der Waals surface area contributed by atoms with E-state index in [-0.39, 0.29) is 5.92 Å². The van der Waals surface area contributed by atoms with Crippen LogP contribution in [0.3, 0.4) is 0 Å². The highest BCUT2D eigenvalue weighted by Gasteiger charge is 2.47. The molecule has 2 saturated carbocycles. The summed E-state index contributed by atoms with van der Waals surface area (Å²) in [6, 6.07) is 0. The smallest absolute Gasteiger partial charge is 0.306 e. The summed E-state index contributed by atoms with van der Waals surface area (Å²) in [6.07, 6.45) is 6.13. The van der Waals surface area contributed by atoms with Gasteiger partial charge >= 0.3 is 5.97 Å². The third-order valence-corrected chi connectivity index (χ3v) is 3.82. The van der Waals surface area contributed by atoms with Crippen LogP contribution < -0.4 is 0 Å². The molecule has 0 aromatic carbocycles. The zero-order chi connectivity index (χ0) is 9.42. The summed E-state index contributed by atoms with van der Waals surface area (Å²) in [5.41, 5.74) is 0. The number of hydrogen-bond donors (Lipinski definition) is 1. The van der Waals surface area contributed by atoms with E-state index in [9.17, 15) is 4.79 Å². The van der Waals surface area contributed by atoms with Crippen molar-refractivity contribution in [3.63, 3.8) is 0 Å². The maximum Gasteiger partial charge on any atom is 0.306 e. The zero-order valence-corrected chi connectivity index (χ0v) is 8.20. The number of carbonyl (C=O) groups is 1. The summed E-state index contributed by atoms with van der Waals surface area (Å²) in [7, 11) is 0. The molecule has 0 spiro atoms. The van der Waals surface area contributed by atoms with Crippen molar-refractivity contribution in [2.24, 2.45) is 23.7 Å². The molecule has 1 N–H and O–H groups in total. The molecule has 2 atom stereocenters. The van der Waals surface area contributed by atoms with E-state index in [1.165, 1.54) is 25.7 Å². The van der Waals surface area contributed by atoms with E-state index in [2.05, 4.69) is 6.92 Å². The molecule has 74 valence electrons. The van der Waals surface area contributed by atoms with Gasteiger partial charge in [0.05, 0.1) is 5.92 Å². The first-order chi connectivity index (χ1) is 6.18. The Labute approximate surface area is 79.3 Å². The van der Waals surface area contributed by atoms with Gasteiger partial charge in [0.1, 0.15) is 0 Å². The quantitative estimate of drug-likeness (QED) is 0.712. The molecule has 0 bridgehead atoms. The van der Waals surface area contributed by atoms with E-state index in [0.717, 1.165) is 18.3 Å². The zero-order valence-electron chi connectivity index (χ0n) is 8.20. The number of carboxylic acids is 1. The molecule has 0 amide bonds. The van der Waals surface area contributed by atoms with Gasteiger partial charge in [-0.1, -0.05) is 19.8 Å². The van der Waals surface area contributed by atoms with Crippen molar-refractivity contribution < 1.29 is 9.90 Å². The lowest BCUT2D eigenvalue weighted by Crippen LogP contribution is -2.16. The van der Waals surface area contributed by atoms with Crippen molar-refractivity contribution in [3.05, 3.63) is 0 Å². The van der Waals surface area contributed by atoms with Crippen LogP contribution in [0.5, 0.6) is 0 Å². The summed E-state index contributed by atoms with van der Waals surface area (Å²) >= 11 is 0. The second-order valence-corrected chi connectivity index (χ2v) is 4.86. The van der Waals surface area contributed by atoms with Crippen LogP contribution in [-0.2, 0) is 4.79 Å². The van der Waals surface area contributed by atoms with Gasteiger partial charge in [-0.25, -0.2) is 0 Å². The Hall–Kier alpha value is -0.530. The first kappa shape index (κ1) is 9.04. The van der Waals surface area contributed by atoms with Crippen molar-refractivity contribution >= 4 is 5.97 Å². The second kappa shape index (κ2) is 3.32. The summed E-state index contributed by atoms with van der Waals surface area (Å²) in [5, 5.41) is 8.81. The van der Waals surface area contributed by atoms with Gasteiger partial charge in [-0.05, 0) is 37.0 Å². The Bertz CT molecular complexity index is 204. The van der Waals surface area contributed by atoms with E-state index in [1.807, 2.05) is 0 Å². The molecule has 0 heterocycles. The Balaban J connectivity index is 1.81. The summed E-state index contributed by atoms with van der Waals surface area (Å²) < 4.78 is 0. The molecule has 2 aliphatic carbocycles. The SMILES string of the molecule is CC1CCC([C@H]2C[C@H]2C(=O)O)CC1. The van der Waals surface area contributed by atoms with E-state index in [4.69, 9.17) is 5.11 Å². The predicted molar refractivity (Wildman–Crippen MR) is 50.4 cm³/mol. The highest BCUT2D eigenvalue weighted by molar-refractivity contribution is 5.73. The Morgan fingerprint density at radius 2 is 1.85 bits per heavy atom. The van der Waals surface area contributed by atoms with E-state index >= 15 is 0 Å². The molecule has 0 aliphatic heterocycles. The lowest BCUT2D eigenvalue weighted by molar-refractivity contribution is -0.139. The predicted octanol–water partition coefficient (Wildman–Crippen LogP) is 2.53. The standard InChI is InChI=1S/C11H18O2/c1-7-2-4-8(5-3-7)9-6-10(9)11(12)13/h7-10H,2-6H2,1H3,(H,12,13)/t7?,8?,9-,10-/m1/s1. The van der Waals surface area contributed by atoms with Gasteiger partial charge in [-0.15, -0.1) is 0 Å². The molecule has 13 heavy (non-hydrogen) atoms. The monoisotopic (exact) mass is 182 g/mol. The van der Waals surface area contributed by atoms with Gasteiger partial charge in [0.25, 0.3) is 0 Å². The van der Waals surface area contributed by atoms with Crippen molar-refractivity contribution in [3.8, 4) is 0 Å². The van der Waals surface area contributed by atoms with Crippen LogP contribution in [0.1, 0.15) is 39.0 Å². The molecular weight excluding hydrogens is 164 g/mol. The first-order valence-corrected chi connectivity index (χ1v) is 5.41. The molecule has 0 unspecified atom stereocenters. The van der Waals surface area contributed by atoms with Crippen molar-refractivity contribution in [2.45, 2.75) is 39.0 Å². The van der Waals surface area contributed by atoms with Gasteiger partial charge in [-0.3, -0.25) is 4.79 Å². The molecular formula is C11H18O2. The van der Waals surface area contributed by atoms with E-state index in [0.29, 0.717) is 5.92 Å². The van der Waals surface area contributed by atoms with Crippen LogP contribution in [-0.4, -0.2) is 11.1 Å². The number of rotatable bonds is 2. The molecule has 0 radical (unpaired) electrons. The maximum absolute atomic E-state index is 10.7.